The molecule has 0 spiro atoms. The van der Waals surface area contributed by atoms with Crippen LogP contribution in [0.1, 0.15) is 36.9 Å². The van der Waals surface area contributed by atoms with Crippen molar-refractivity contribution in [2.75, 3.05) is 11.5 Å². The Balaban J connectivity index is 1.65. The number of anilines is 1. The maximum absolute atomic E-state index is 13.4. The number of benzene rings is 3. The van der Waals surface area contributed by atoms with Crippen molar-refractivity contribution >= 4 is 55.7 Å². The Hall–Kier alpha value is -3.88. The van der Waals surface area contributed by atoms with Gasteiger partial charge in [0, 0.05) is 10.6 Å². The van der Waals surface area contributed by atoms with Gasteiger partial charge in [0.15, 0.2) is 5.13 Å². The molecule has 1 fully saturated rings. The number of aromatic nitrogens is 1. The molecule has 1 aromatic heterocycles. The standard InChI is InChI=1S/C28H23ClN2O5S/c1-2-3-12-36-20-9-5-7-17(14-20)25(33)23-24(16-6-4-8-19(32)13-16)31(27(35)26(23)34)28-30-21-11-10-18(29)15-22(21)37-28/h4-11,13-15,24,32-33H,2-3,12H2,1H3. The second-order valence-corrected chi connectivity index (χ2v) is 10.0. The van der Waals surface area contributed by atoms with Crippen molar-refractivity contribution < 1.29 is 24.5 Å². The first-order valence-electron chi connectivity index (χ1n) is 11.8. The number of carbonyl (C=O) groups is 2. The zero-order chi connectivity index (χ0) is 26.1. The van der Waals surface area contributed by atoms with Gasteiger partial charge in [0.2, 0.25) is 0 Å². The number of aromatic hydroxyl groups is 1. The third kappa shape index (κ3) is 4.77. The summed E-state index contributed by atoms with van der Waals surface area (Å²) in [6.07, 6.45) is 1.86. The summed E-state index contributed by atoms with van der Waals surface area (Å²) in [6.45, 7) is 2.59. The Morgan fingerprint density at radius 3 is 2.70 bits per heavy atom. The Morgan fingerprint density at radius 2 is 1.92 bits per heavy atom. The molecule has 1 unspecified atom stereocenters. The highest BCUT2D eigenvalue weighted by atomic mass is 35.5. The minimum absolute atomic E-state index is 0.0366. The van der Waals surface area contributed by atoms with Gasteiger partial charge in [-0.25, -0.2) is 4.98 Å². The third-order valence-corrected chi connectivity index (χ3v) is 7.30. The molecule has 1 aliphatic heterocycles. The average molecular weight is 535 g/mol. The van der Waals surface area contributed by atoms with Crippen LogP contribution in [-0.4, -0.2) is 33.5 Å². The number of amides is 1. The maximum atomic E-state index is 13.4. The summed E-state index contributed by atoms with van der Waals surface area (Å²) >= 11 is 7.34. The van der Waals surface area contributed by atoms with Gasteiger partial charge in [-0.05, 0) is 54.4 Å². The number of ether oxygens (including phenoxy) is 1. The number of halogens is 1. The number of unbranched alkanes of at least 4 members (excludes halogenated alkanes) is 1. The molecular formula is C28H23ClN2O5S. The monoisotopic (exact) mass is 534 g/mol. The Bertz CT molecular complexity index is 1550. The van der Waals surface area contributed by atoms with Gasteiger partial charge in [0.05, 0.1) is 28.4 Å². The molecular weight excluding hydrogens is 512 g/mol. The molecule has 37 heavy (non-hydrogen) atoms. The molecule has 1 aliphatic rings. The van der Waals surface area contributed by atoms with E-state index in [4.69, 9.17) is 16.3 Å². The van der Waals surface area contributed by atoms with Gasteiger partial charge in [-0.15, -0.1) is 0 Å². The summed E-state index contributed by atoms with van der Waals surface area (Å²) in [6, 6.07) is 17.2. The largest absolute Gasteiger partial charge is 0.508 e. The Labute approximate surface area is 222 Å². The highest BCUT2D eigenvalue weighted by molar-refractivity contribution is 7.22. The van der Waals surface area contributed by atoms with E-state index in [1.54, 1.807) is 54.6 Å². The Kier molecular flexibility index (Phi) is 6.86. The summed E-state index contributed by atoms with van der Waals surface area (Å²) in [5.41, 5.74) is 1.32. The van der Waals surface area contributed by atoms with Gasteiger partial charge in [-0.2, -0.15) is 0 Å². The molecule has 1 atom stereocenters. The van der Waals surface area contributed by atoms with Crippen molar-refractivity contribution in [3.8, 4) is 11.5 Å². The molecule has 0 bridgehead atoms. The molecule has 3 aromatic carbocycles. The van der Waals surface area contributed by atoms with Gasteiger partial charge in [0.1, 0.15) is 17.3 Å². The smallest absolute Gasteiger partial charge is 0.301 e. The predicted octanol–water partition coefficient (Wildman–Crippen LogP) is 6.46. The van der Waals surface area contributed by atoms with Crippen molar-refractivity contribution in [1.29, 1.82) is 0 Å². The first kappa shape index (κ1) is 24.8. The maximum Gasteiger partial charge on any atom is 0.301 e. The van der Waals surface area contributed by atoms with Crippen LogP contribution < -0.4 is 9.64 Å². The van der Waals surface area contributed by atoms with E-state index >= 15 is 0 Å². The van der Waals surface area contributed by atoms with E-state index in [9.17, 15) is 19.8 Å². The van der Waals surface area contributed by atoms with Gasteiger partial charge in [-0.3, -0.25) is 14.5 Å². The molecule has 0 aliphatic carbocycles. The second-order valence-electron chi connectivity index (χ2n) is 8.60. The quantitative estimate of drug-likeness (QED) is 0.122. The lowest BCUT2D eigenvalue weighted by Gasteiger charge is -2.23. The zero-order valence-electron chi connectivity index (χ0n) is 19.8. The number of phenols is 1. The number of thiazole rings is 1. The fourth-order valence-corrected chi connectivity index (χ4v) is 5.52. The van der Waals surface area contributed by atoms with E-state index in [-0.39, 0.29) is 22.2 Å². The van der Waals surface area contributed by atoms with Crippen molar-refractivity contribution in [2.24, 2.45) is 0 Å². The van der Waals surface area contributed by atoms with Crippen LogP contribution in [0, 0.1) is 0 Å². The van der Waals surface area contributed by atoms with Crippen LogP contribution in [-0.2, 0) is 9.59 Å². The van der Waals surface area contributed by atoms with Crippen LogP contribution in [0.2, 0.25) is 5.02 Å². The summed E-state index contributed by atoms with van der Waals surface area (Å²) in [7, 11) is 0. The first-order chi connectivity index (χ1) is 17.9. The number of carbonyl (C=O) groups excluding carboxylic acids is 2. The van der Waals surface area contributed by atoms with Gasteiger partial charge >= 0.3 is 5.91 Å². The van der Waals surface area contributed by atoms with Crippen LogP contribution in [0.4, 0.5) is 5.13 Å². The lowest BCUT2D eigenvalue weighted by Crippen LogP contribution is -2.29. The fraction of sp³-hybridized carbons (Fsp3) is 0.179. The Morgan fingerprint density at radius 1 is 1.11 bits per heavy atom. The number of ketones is 1. The lowest BCUT2D eigenvalue weighted by atomic mass is 9.95. The highest BCUT2D eigenvalue weighted by Crippen LogP contribution is 2.45. The summed E-state index contributed by atoms with van der Waals surface area (Å²) in [4.78, 5) is 32.6. The van der Waals surface area contributed by atoms with Crippen LogP contribution in [0.5, 0.6) is 11.5 Å². The molecule has 7 nitrogen and oxygen atoms in total. The first-order valence-corrected chi connectivity index (χ1v) is 13.0. The molecule has 1 amide bonds. The molecule has 2 heterocycles. The summed E-state index contributed by atoms with van der Waals surface area (Å²) < 4.78 is 6.51. The van der Waals surface area contributed by atoms with E-state index < -0.39 is 17.7 Å². The minimum Gasteiger partial charge on any atom is -0.508 e. The predicted molar refractivity (Wildman–Crippen MR) is 144 cm³/mol. The van der Waals surface area contributed by atoms with E-state index in [2.05, 4.69) is 11.9 Å². The minimum atomic E-state index is -1.01. The van der Waals surface area contributed by atoms with E-state index in [0.29, 0.717) is 34.0 Å². The number of rotatable bonds is 7. The number of nitrogens with zero attached hydrogens (tertiary/aromatic N) is 2. The topological polar surface area (TPSA) is 100.0 Å². The van der Waals surface area contributed by atoms with Crippen molar-refractivity contribution in [3.05, 3.63) is 88.5 Å². The van der Waals surface area contributed by atoms with E-state index in [1.165, 1.54) is 28.4 Å². The number of hydrogen-bond acceptors (Lipinski definition) is 7. The number of hydrogen-bond donors (Lipinski definition) is 2. The van der Waals surface area contributed by atoms with E-state index in [1.807, 2.05) is 0 Å². The molecule has 0 saturated carbocycles. The van der Waals surface area contributed by atoms with Crippen LogP contribution in [0.25, 0.3) is 16.0 Å². The van der Waals surface area contributed by atoms with Crippen LogP contribution in [0.3, 0.4) is 0 Å². The van der Waals surface area contributed by atoms with Gasteiger partial charge in [0.25, 0.3) is 5.78 Å². The molecule has 1 saturated heterocycles. The zero-order valence-corrected chi connectivity index (χ0v) is 21.4. The molecule has 188 valence electrons. The van der Waals surface area contributed by atoms with Gasteiger partial charge < -0.3 is 14.9 Å². The summed E-state index contributed by atoms with van der Waals surface area (Å²) in [5, 5.41) is 22.4. The number of phenolic OH excluding ortho intramolecular Hbond substituents is 1. The highest BCUT2D eigenvalue weighted by Gasteiger charge is 2.48. The number of Topliss-reactive ketones (excluding diaryl/α,β-unsaturated/α-hetero) is 1. The molecule has 5 rings (SSSR count). The van der Waals surface area contributed by atoms with Crippen LogP contribution in [0.15, 0.2) is 72.3 Å². The molecule has 0 radical (unpaired) electrons. The lowest BCUT2D eigenvalue weighted by molar-refractivity contribution is -0.132. The molecule has 9 heteroatoms. The molecule has 4 aromatic rings. The average Bonchev–Trinajstić information content (AvgIpc) is 3.41. The SMILES string of the molecule is CCCCOc1cccc(C(O)=C2C(=O)C(=O)N(c3nc4ccc(Cl)cc4s3)C2c2cccc(O)c2)c1. The summed E-state index contributed by atoms with van der Waals surface area (Å²) in [5.74, 6) is -1.50. The van der Waals surface area contributed by atoms with Crippen molar-refractivity contribution in [3.63, 3.8) is 0 Å². The van der Waals surface area contributed by atoms with E-state index in [0.717, 1.165) is 17.5 Å². The second kappa shape index (κ2) is 10.2. The van der Waals surface area contributed by atoms with Crippen molar-refractivity contribution in [1.82, 2.24) is 4.98 Å². The fourth-order valence-electron chi connectivity index (χ4n) is 4.25. The van der Waals surface area contributed by atoms with Crippen molar-refractivity contribution in [2.45, 2.75) is 25.8 Å². The van der Waals surface area contributed by atoms with Gasteiger partial charge in [-0.1, -0.05) is 60.5 Å². The normalized spacial score (nSPS) is 17.0. The third-order valence-electron chi connectivity index (χ3n) is 6.05. The number of aliphatic hydroxyl groups excluding tert-OH is 1. The molecule has 2 N–H and O–H groups in total. The van der Waals surface area contributed by atoms with Crippen LogP contribution >= 0.6 is 22.9 Å². The number of aliphatic hydroxyl groups is 1. The number of fused-ring (bicyclic) bond motifs is 1.